The Morgan fingerprint density at radius 3 is 1.48 bits per heavy atom. The molecule has 0 rings (SSSR count). The fourth-order valence-electron chi connectivity index (χ4n) is 1.76. The summed E-state index contributed by atoms with van der Waals surface area (Å²) in [6, 6.07) is 0. The highest BCUT2D eigenvalue weighted by Crippen LogP contribution is 1.94. The minimum atomic E-state index is -0.433. The second kappa shape index (κ2) is 15.8. The van der Waals surface area contributed by atoms with Crippen LogP contribution >= 0.6 is 0 Å². The molecule has 0 heterocycles. The van der Waals surface area contributed by atoms with E-state index in [1.165, 1.54) is 0 Å². The van der Waals surface area contributed by atoms with Gasteiger partial charge in [0.05, 0.1) is 39.6 Å². The van der Waals surface area contributed by atoms with Crippen LogP contribution in [0.5, 0.6) is 0 Å². The van der Waals surface area contributed by atoms with Gasteiger partial charge in [-0.3, -0.25) is 9.69 Å². The lowest BCUT2D eigenvalue weighted by molar-refractivity contribution is -0.150. The van der Waals surface area contributed by atoms with E-state index in [0.29, 0.717) is 32.9 Å². The van der Waals surface area contributed by atoms with Gasteiger partial charge in [0, 0.05) is 13.1 Å². The van der Waals surface area contributed by atoms with Gasteiger partial charge >= 0.3 is 17.9 Å². The molecule has 9 heteroatoms. The third-order valence-electron chi connectivity index (χ3n) is 2.81. The number of carbonyl (C=O) groups excluding carboxylic acids is 3. The number of carbonyl (C=O) groups is 3. The van der Waals surface area contributed by atoms with Gasteiger partial charge < -0.3 is 23.7 Å². The highest BCUT2D eigenvalue weighted by Gasteiger charge is 2.12. The Balaban J connectivity index is 4.11. The van der Waals surface area contributed by atoms with Crippen molar-refractivity contribution in [2.24, 2.45) is 0 Å². The Morgan fingerprint density at radius 2 is 1.08 bits per heavy atom. The molecule has 0 bridgehead atoms. The van der Waals surface area contributed by atoms with Crippen molar-refractivity contribution in [1.82, 2.24) is 4.90 Å². The zero-order chi connectivity index (χ0) is 18.9. The molecule has 9 nitrogen and oxygen atoms in total. The Bertz CT molecular complexity index is 362. The largest absolute Gasteiger partial charge is 0.465 e. The molecule has 0 unspecified atom stereocenters. The van der Waals surface area contributed by atoms with Crippen molar-refractivity contribution in [3.8, 4) is 0 Å². The number of esters is 3. The zero-order valence-corrected chi connectivity index (χ0v) is 15.3. The first-order valence-electron chi connectivity index (χ1n) is 8.38. The van der Waals surface area contributed by atoms with Crippen LogP contribution in [0, 0.1) is 0 Å². The fourth-order valence-corrected chi connectivity index (χ4v) is 1.76. The van der Waals surface area contributed by atoms with Crippen LogP contribution in [0.2, 0.25) is 0 Å². The lowest BCUT2D eigenvalue weighted by Gasteiger charge is -2.21. The first kappa shape index (κ1) is 23.3. The standard InChI is InChI=1S/C16H29NO8/c1-4-23-14(18)11-17(7-9-21-12-15(19)24-5-2)8-10-22-13-16(20)25-6-3/h4-13H2,1-3H3. The Morgan fingerprint density at radius 1 is 0.680 bits per heavy atom. The van der Waals surface area contributed by atoms with E-state index < -0.39 is 11.9 Å². The fraction of sp³-hybridized carbons (Fsp3) is 0.812. The van der Waals surface area contributed by atoms with Crippen molar-refractivity contribution in [3.05, 3.63) is 0 Å². The van der Waals surface area contributed by atoms with Crippen molar-refractivity contribution < 1.29 is 38.1 Å². The van der Waals surface area contributed by atoms with Gasteiger partial charge in [-0.2, -0.15) is 0 Å². The predicted molar refractivity (Wildman–Crippen MR) is 88.0 cm³/mol. The van der Waals surface area contributed by atoms with Crippen LogP contribution in [0.1, 0.15) is 20.8 Å². The molecule has 0 spiro atoms. The van der Waals surface area contributed by atoms with E-state index in [9.17, 15) is 14.4 Å². The molecule has 146 valence electrons. The maximum absolute atomic E-state index is 11.6. The summed E-state index contributed by atoms with van der Waals surface area (Å²) in [4.78, 5) is 35.7. The van der Waals surface area contributed by atoms with E-state index in [1.54, 1.807) is 25.7 Å². The van der Waals surface area contributed by atoms with Crippen LogP contribution in [0.25, 0.3) is 0 Å². The lowest BCUT2D eigenvalue weighted by atomic mass is 10.4. The highest BCUT2D eigenvalue weighted by molar-refractivity contribution is 5.71. The molecule has 0 radical (unpaired) electrons. The van der Waals surface area contributed by atoms with Crippen LogP contribution in [0.15, 0.2) is 0 Å². The third kappa shape index (κ3) is 14.3. The molecule has 0 atom stereocenters. The molecule has 0 fully saturated rings. The van der Waals surface area contributed by atoms with Crippen molar-refractivity contribution >= 4 is 17.9 Å². The Labute approximate surface area is 148 Å². The summed E-state index contributed by atoms with van der Waals surface area (Å²) >= 11 is 0. The second-order valence-electron chi connectivity index (χ2n) is 4.80. The molecule has 0 saturated heterocycles. The average Bonchev–Trinajstić information content (AvgIpc) is 2.56. The third-order valence-corrected chi connectivity index (χ3v) is 2.81. The average molecular weight is 363 g/mol. The van der Waals surface area contributed by atoms with Crippen LogP contribution in [0.3, 0.4) is 0 Å². The SMILES string of the molecule is CCOC(=O)COCCN(CCOCC(=O)OCC)CC(=O)OCC. The summed E-state index contributed by atoms with van der Waals surface area (Å²) in [5, 5.41) is 0. The van der Waals surface area contributed by atoms with Gasteiger partial charge in [0.25, 0.3) is 0 Å². The van der Waals surface area contributed by atoms with Crippen LogP contribution < -0.4 is 0 Å². The van der Waals surface area contributed by atoms with Gasteiger partial charge in [-0.25, -0.2) is 9.59 Å². The summed E-state index contributed by atoms with van der Waals surface area (Å²) in [5.74, 6) is -1.23. The molecule has 0 N–H and O–H groups in total. The second-order valence-corrected chi connectivity index (χ2v) is 4.80. The molecule has 0 aliphatic rings. The van der Waals surface area contributed by atoms with Gasteiger partial charge in [-0.05, 0) is 20.8 Å². The van der Waals surface area contributed by atoms with E-state index in [1.807, 2.05) is 0 Å². The predicted octanol–water partition coefficient (Wildman–Crippen LogP) is 0.0109. The van der Waals surface area contributed by atoms with Crippen LogP contribution in [0.4, 0.5) is 0 Å². The summed E-state index contributed by atoms with van der Waals surface area (Å²) in [7, 11) is 0. The summed E-state index contributed by atoms with van der Waals surface area (Å²) in [6.07, 6.45) is 0. The van der Waals surface area contributed by atoms with Gasteiger partial charge in [0.15, 0.2) is 0 Å². The number of nitrogens with zero attached hydrogens (tertiary/aromatic N) is 1. The first-order valence-corrected chi connectivity index (χ1v) is 8.38. The summed E-state index contributed by atoms with van der Waals surface area (Å²) in [5.41, 5.74) is 0. The lowest BCUT2D eigenvalue weighted by Crippen LogP contribution is -2.37. The molecule has 0 aromatic heterocycles. The van der Waals surface area contributed by atoms with E-state index in [-0.39, 0.29) is 38.9 Å². The first-order chi connectivity index (χ1) is 12.0. The minimum Gasteiger partial charge on any atom is -0.465 e. The molecule has 25 heavy (non-hydrogen) atoms. The van der Waals surface area contributed by atoms with Gasteiger partial charge in [0.2, 0.25) is 0 Å². The number of ether oxygens (including phenoxy) is 5. The van der Waals surface area contributed by atoms with Gasteiger partial charge in [-0.1, -0.05) is 0 Å². The van der Waals surface area contributed by atoms with Gasteiger partial charge in [0.1, 0.15) is 13.2 Å². The Kier molecular flexibility index (Phi) is 14.7. The van der Waals surface area contributed by atoms with Crippen molar-refractivity contribution in [2.45, 2.75) is 20.8 Å². The maximum Gasteiger partial charge on any atom is 0.332 e. The topological polar surface area (TPSA) is 101 Å². The molecular formula is C16H29NO8. The molecule has 0 aliphatic carbocycles. The maximum atomic E-state index is 11.6. The summed E-state index contributed by atoms with van der Waals surface area (Å²) < 4.78 is 24.8. The van der Waals surface area contributed by atoms with E-state index in [2.05, 4.69) is 0 Å². The highest BCUT2D eigenvalue weighted by atomic mass is 16.6. The van der Waals surface area contributed by atoms with Crippen LogP contribution in [-0.4, -0.2) is 88.7 Å². The zero-order valence-electron chi connectivity index (χ0n) is 15.3. The number of hydrogen-bond acceptors (Lipinski definition) is 9. The molecular weight excluding hydrogens is 334 g/mol. The Hall–Kier alpha value is -1.71. The molecule has 0 aliphatic heterocycles. The molecule has 0 aromatic rings. The van der Waals surface area contributed by atoms with Crippen molar-refractivity contribution in [1.29, 1.82) is 0 Å². The van der Waals surface area contributed by atoms with Gasteiger partial charge in [-0.15, -0.1) is 0 Å². The smallest absolute Gasteiger partial charge is 0.332 e. The van der Waals surface area contributed by atoms with Crippen molar-refractivity contribution in [3.63, 3.8) is 0 Å². The minimum absolute atomic E-state index is 0.0688. The quantitative estimate of drug-likeness (QED) is 0.226. The monoisotopic (exact) mass is 363 g/mol. The number of rotatable bonds is 15. The van der Waals surface area contributed by atoms with Crippen molar-refractivity contribution in [2.75, 3.05) is 65.9 Å². The van der Waals surface area contributed by atoms with E-state index in [0.717, 1.165) is 0 Å². The number of hydrogen-bond donors (Lipinski definition) is 0. The van der Waals surface area contributed by atoms with Crippen LogP contribution in [-0.2, 0) is 38.1 Å². The van der Waals surface area contributed by atoms with E-state index in [4.69, 9.17) is 23.7 Å². The summed E-state index contributed by atoms with van der Waals surface area (Å²) in [6.45, 7) is 7.15. The molecule has 0 saturated carbocycles. The molecule has 0 amide bonds. The normalized spacial score (nSPS) is 10.6. The molecule has 0 aromatic carbocycles. The van der Waals surface area contributed by atoms with E-state index >= 15 is 0 Å².